The number of carbonyl (C=O) groups excluding carboxylic acids is 1. The van der Waals surface area contributed by atoms with Crippen LogP contribution >= 0.6 is 22.9 Å². The van der Waals surface area contributed by atoms with Crippen LogP contribution in [-0.4, -0.2) is 12.5 Å². The van der Waals surface area contributed by atoms with Gasteiger partial charge in [0, 0.05) is 10.6 Å². The van der Waals surface area contributed by atoms with E-state index in [4.69, 9.17) is 11.6 Å². The van der Waals surface area contributed by atoms with Crippen LogP contribution in [0.2, 0.25) is 5.02 Å². The molecule has 0 aliphatic carbocycles. The van der Waals surface area contributed by atoms with Gasteiger partial charge in [-0.2, -0.15) is 0 Å². The first-order chi connectivity index (χ1) is 12.1. The SMILES string of the molecule is O=C(CNc1ccc(F)c(Cl)c1)N[C@@H](c1ccccc1)c1cccs1. The monoisotopic (exact) mass is 374 g/mol. The summed E-state index contributed by atoms with van der Waals surface area (Å²) in [7, 11) is 0. The van der Waals surface area contributed by atoms with E-state index in [1.54, 1.807) is 17.4 Å². The van der Waals surface area contributed by atoms with Crippen molar-refractivity contribution in [1.82, 2.24) is 5.32 Å². The molecule has 0 saturated carbocycles. The van der Waals surface area contributed by atoms with Crippen LogP contribution in [0, 0.1) is 5.82 Å². The molecular weight excluding hydrogens is 359 g/mol. The van der Waals surface area contributed by atoms with Crippen molar-refractivity contribution in [3.8, 4) is 0 Å². The van der Waals surface area contributed by atoms with Crippen molar-refractivity contribution in [3.05, 3.63) is 87.3 Å². The fourth-order valence-electron chi connectivity index (χ4n) is 2.42. The van der Waals surface area contributed by atoms with Gasteiger partial charge in [-0.3, -0.25) is 4.79 Å². The second-order valence-corrected chi connectivity index (χ2v) is 6.80. The fraction of sp³-hybridized carbons (Fsp3) is 0.105. The summed E-state index contributed by atoms with van der Waals surface area (Å²) >= 11 is 7.34. The Balaban J connectivity index is 1.67. The van der Waals surface area contributed by atoms with Crippen molar-refractivity contribution in [1.29, 1.82) is 0 Å². The number of halogens is 2. The van der Waals surface area contributed by atoms with E-state index in [9.17, 15) is 9.18 Å². The van der Waals surface area contributed by atoms with Crippen molar-refractivity contribution in [2.24, 2.45) is 0 Å². The molecule has 6 heteroatoms. The first-order valence-corrected chi connectivity index (χ1v) is 8.96. The molecule has 1 heterocycles. The lowest BCUT2D eigenvalue weighted by Gasteiger charge is -2.18. The van der Waals surface area contributed by atoms with Crippen molar-refractivity contribution in [2.75, 3.05) is 11.9 Å². The van der Waals surface area contributed by atoms with Crippen LogP contribution in [0.3, 0.4) is 0 Å². The zero-order valence-corrected chi connectivity index (χ0v) is 14.8. The molecule has 25 heavy (non-hydrogen) atoms. The predicted octanol–water partition coefficient (Wildman–Crippen LogP) is 4.86. The van der Waals surface area contributed by atoms with E-state index in [-0.39, 0.29) is 23.5 Å². The standard InChI is InChI=1S/C19H16ClFN2OS/c20-15-11-14(8-9-16(15)21)22-12-18(24)23-19(17-7-4-10-25-17)13-5-2-1-3-6-13/h1-11,19,22H,12H2,(H,23,24)/t19-/m0/s1. The number of amides is 1. The Bertz CT molecular complexity index is 840. The van der Waals surface area contributed by atoms with Crippen LogP contribution < -0.4 is 10.6 Å². The summed E-state index contributed by atoms with van der Waals surface area (Å²) in [5.41, 5.74) is 1.61. The highest BCUT2D eigenvalue weighted by atomic mass is 35.5. The van der Waals surface area contributed by atoms with Gasteiger partial charge in [-0.1, -0.05) is 48.0 Å². The van der Waals surface area contributed by atoms with Gasteiger partial charge in [0.15, 0.2) is 0 Å². The van der Waals surface area contributed by atoms with Gasteiger partial charge >= 0.3 is 0 Å². The summed E-state index contributed by atoms with van der Waals surface area (Å²) in [6, 6.07) is 17.8. The Morgan fingerprint density at radius 3 is 2.60 bits per heavy atom. The average Bonchev–Trinajstić information content (AvgIpc) is 3.16. The van der Waals surface area contributed by atoms with Gasteiger partial charge in [-0.25, -0.2) is 4.39 Å². The lowest BCUT2D eigenvalue weighted by molar-refractivity contribution is -0.119. The molecule has 0 fully saturated rings. The van der Waals surface area contributed by atoms with E-state index in [0.29, 0.717) is 5.69 Å². The molecule has 1 amide bonds. The second kappa shape index (κ2) is 8.14. The fourth-order valence-corrected chi connectivity index (χ4v) is 3.40. The molecule has 0 spiro atoms. The summed E-state index contributed by atoms with van der Waals surface area (Å²) in [6.45, 7) is 0.0661. The quantitative estimate of drug-likeness (QED) is 0.647. The highest BCUT2D eigenvalue weighted by Crippen LogP contribution is 2.26. The maximum atomic E-state index is 13.2. The van der Waals surface area contributed by atoms with Gasteiger partial charge in [0.25, 0.3) is 0 Å². The first kappa shape index (κ1) is 17.5. The number of benzene rings is 2. The second-order valence-electron chi connectivity index (χ2n) is 5.41. The van der Waals surface area contributed by atoms with Crippen molar-refractivity contribution >= 4 is 34.5 Å². The van der Waals surface area contributed by atoms with Crippen LogP contribution in [0.1, 0.15) is 16.5 Å². The number of nitrogens with one attached hydrogen (secondary N) is 2. The molecule has 2 N–H and O–H groups in total. The number of anilines is 1. The molecule has 128 valence electrons. The maximum absolute atomic E-state index is 13.2. The lowest BCUT2D eigenvalue weighted by Crippen LogP contribution is -2.33. The van der Waals surface area contributed by atoms with Crippen LogP contribution in [0.4, 0.5) is 10.1 Å². The number of carbonyl (C=O) groups is 1. The van der Waals surface area contributed by atoms with Crippen molar-refractivity contribution in [3.63, 3.8) is 0 Å². The zero-order chi connectivity index (χ0) is 17.6. The highest BCUT2D eigenvalue weighted by Gasteiger charge is 2.17. The molecule has 0 saturated heterocycles. The van der Waals surface area contributed by atoms with E-state index < -0.39 is 5.82 Å². The van der Waals surface area contributed by atoms with Crippen LogP contribution in [0.5, 0.6) is 0 Å². The normalized spacial score (nSPS) is 11.8. The van der Waals surface area contributed by atoms with Crippen molar-refractivity contribution in [2.45, 2.75) is 6.04 Å². The molecule has 0 radical (unpaired) electrons. The molecule has 0 aliphatic heterocycles. The Kier molecular flexibility index (Phi) is 5.68. The topological polar surface area (TPSA) is 41.1 Å². The Morgan fingerprint density at radius 1 is 1.12 bits per heavy atom. The van der Waals surface area contributed by atoms with E-state index in [1.165, 1.54) is 12.1 Å². The van der Waals surface area contributed by atoms with Crippen LogP contribution in [-0.2, 0) is 4.79 Å². The van der Waals surface area contributed by atoms with E-state index in [1.807, 2.05) is 47.8 Å². The minimum atomic E-state index is -0.487. The molecule has 3 rings (SSSR count). The summed E-state index contributed by atoms with van der Waals surface area (Å²) in [4.78, 5) is 13.4. The van der Waals surface area contributed by atoms with Gasteiger partial charge in [0.05, 0.1) is 17.6 Å². The predicted molar refractivity (Wildman–Crippen MR) is 101 cm³/mol. The van der Waals surface area contributed by atoms with Crippen molar-refractivity contribution < 1.29 is 9.18 Å². The van der Waals surface area contributed by atoms with E-state index in [0.717, 1.165) is 10.4 Å². The molecule has 3 nitrogen and oxygen atoms in total. The molecule has 3 aromatic rings. The smallest absolute Gasteiger partial charge is 0.240 e. The average molecular weight is 375 g/mol. The zero-order valence-electron chi connectivity index (χ0n) is 13.2. The van der Waals surface area contributed by atoms with Gasteiger partial charge < -0.3 is 10.6 Å². The molecule has 0 bridgehead atoms. The number of rotatable bonds is 6. The molecule has 1 atom stereocenters. The molecule has 0 unspecified atom stereocenters. The Labute approximate surface area is 154 Å². The minimum absolute atomic E-state index is 0.0196. The number of thiophene rings is 1. The maximum Gasteiger partial charge on any atom is 0.240 e. The number of hydrogen-bond donors (Lipinski definition) is 2. The van der Waals surface area contributed by atoms with Crippen LogP contribution in [0.15, 0.2) is 66.0 Å². The summed E-state index contributed by atoms with van der Waals surface area (Å²) < 4.78 is 13.2. The third kappa shape index (κ3) is 4.59. The van der Waals surface area contributed by atoms with Crippen LogP contribution in [0.25, 0.3) is 0 Å². The minimum Gasteiger partial charge on any atom is -0.376 e. The summed E-state index contributed by atoms with van der Waals surface area (Å²) in [5, 5.41) is 7.99. The lowest BCUT2D eigenvalue weighted by atomic mass is 10.1. The van der Waals surface area contributed by atoms with E-state index >= 15 is 0 Å². The Hall–Kier alpha value is -2.37. The van der Waals surface area contributed by atoms with Gasteiger partial charge in [0.1, 0.15) is 5.82 Å². The molecule has 2 aromatic carbocycles. The molecule has 1 aromatic heterocycles. The molecule has 0 aliphatic rings. The van der Waals surface area contributed by atoms with Gasteiger partial charge in [-0.05, 0) is 35.2 Å². The first-order valence-electron chi connectivity index (χ1n) is 7.70. The van der Waals surface area contributed by atoms with E-state index in [2.05, 4.69) is 10.6 Å². The highest BCUT2D eigenvalue weighted by molar-refractivity contribution is 7.10. The molecular formula is C19H16ClFN2OS. The third-order valence-corrected chi connectivity index (χ3v) is 4.87. The third-order valence-electron chi connectivity index (χ3n) is 3.64. The van der Waals surface area contributed by atoms with Gasteiger partial charge in [0.2, 0.25) is 5.91 Å². The largest absolute Gasteiger partial charge is 0.376 e. The summed E-state index contributed by atoms with van der Waals surface area (Å²) in [6.07, 6.45) is 0. The summed E-state index contributed by atoms with van der Waals surface area (Å²) in [5.74, 6) is -0.652. The van der Waals surface area contributed by atoms with Gasteiger partial charge in [-0.15, -0.1) is 11.3 Å². The number of hydrogen-bond acceptors (Lipinski definition) is 3. The Morgan fingerprint density at radius 2 is 1.92 bits per heavy atom.